The Kier molecular flexibility index (Phi) is 4.95. The van der Waals surface area contributed by atoms with Crippen LogP contribution in [0, 0.1) is 0 Å². The highest BCUT2D eigenvalue weighted by atomic mass is 35.5. The summed E-state index contributed by atoms with van der Waals surface area (Å²) in [5.74, 6) is 0.730. The molecule has 0 bridgehead atoms. The molecule has 0 radical (unpaired) electrons. The summed E-state index contributed by atoms with van der Waals surface area (Å²) in [6.07, 6.45) is 2.49. The minimum Gasteiger partial charge on any atom is -0.370 e. The standard InChI is InChI=1S/C9H15ClN4OS/c1-6(16(2)15)3-4-12-8-5-7(10)13-9(11)14-8/h5-6H,3-4H2,1-2H3,(H3,11,12,13,14). The van der Waals surface area contributed by atoms with Gasteiger partial charge in [-0.25, -0.2) is 4.98 Å². The lowest BCUT2D eigenvalue weighted by Crippen LogP contribution is -2.15. The number of aromatic nitrogens is 2. The Morgan fingerprint density at radius 2 is 2.31 bits per heavy atom. The fraction of sp³-hybridized carbons (Fsp3) is 0.556. The van der Waals surface area contributed by atoms with E-state index in [1.165, 1.54) is 0 Å². The number of hydrogen-bond donors (Lipinski definition) is 2. The van der Waals surface area contributed by atoms with Crippen LogP contribution < -0.4 is 11.1 Å². The van der Waals surface area contributed by atoms with Crippen LogP contribution in [-0.4, -0.2) is 32.2 Å². The van der Waals surface area contributed by atoms with Crippen LogP contribution in [0.2, 0.25) is 5.15 Å². The number of nitrogens with zero attached hydrogens (tertiary/aromatic N) is 2. The van der Waals surface area contributed by atoms with Gasteiger partial charge in [0.2, 0.25) is 5.95 Å². The van der Waals surface area contributed by atoms with Gasteiger partial charge in [0.05, 0.1) is 0 Å². The number of nitrogen functional groups attached to an aromatic ring is 1. The molecule has 16 heavy (non-hydrogen) atoms. The van der Waals surface area contributed by atoms with Gasteiger partial charge in [0, 0.05) is 34.9 Å². The molecule has 1 rings (SSSR count). The summed E-state index contributed by atoms with van der Waals surface area (Å²) in [4.78, 5) is 7.72. The van der Waals surface area contributed by atoms with E-state index in [2.05, 4.69) is 15.3 Å². The van der Waals surface area contributed by atoms with Crippen LogP contribution in [0.4, 0.5) is 11.8 Å². The summed E-state index contributed by atoms with van der Waals surface area (Å²) in [7, 11) is -0.800. The Morgan fingerprint density at radius 1 is 1.62 bits per heavy atom. The van der Waals surface area contributed by atoms with Gasteiger partial charge in [0.25, 0.3) is 0 Å². The number of anilines is 2. The second-order valence-corrected chi connectivity index (χ2v) is 5.65. The first-order valence-electron chi connectivity index (χ1n) is 4.85. The van der Waals surface area contributed by atoms with Crippen molar-refractivity contribution in [2.45, 2.75) is 18.6 Å². The van der Waals surface area contributed by atoms with Crippen molar-refractivity contribution in [3.63, 3.8) is 0 Å². The Bertz CT molecular complexity index is 368. The van der Waals surface area contributed by atoms with E-state index < -0.39 is 10.8 Å². The highest BCUT2D eigenvalue weighted by molar-refractivity contribution is 7.84. The molecule has 0 aliphatic carbocycles. The number of hydrogen-bond acceptors (Lipinski definition) is 5. The van der Waals surface area contributed by atoms with Crippen LogP contribution in [0.3, 0.4) is 0 Å². The van der Waals surface area contributed by atoms with Crippen molar-refractivity contribution < 1.29 is 4.21 Å². The Hall–Kier alpha value is -0.880. The zero-order chi connectivity index (χ0) is 12.1. The summed E-state index contributed by atoms with van der Waals surface area (Å²) in [5, 5.41) is 3.52. The van der Waals surface area contributed by atoms with Crippen LogP contribution in [0.15, 0.2) is 6.07 Å². The van der Waals surface area contributed by atoms with Crippen LogP contribution in [0.1, 0.15) is 13.3 Å². The first kappa shape index (κ1) is 13.2. The molecule has 0 amide bonds. The Balaban J connectivity index is 2.46. The molecule has 3 N–H and O–H groups in total. The Labute approximate surface area is 102 Å². The normalized spacial score (nSPS) is 14.4. The van der Waals surface area contributed by atoms with Gasteiger partial charge in [0.1, 0.15) is 11.0 Å². The van der Waals surface area contributed by atoms with Crippen molar-refractivity contribution in [1.82, 2.24) is 9.97 Å². The fourth-order valence-electron chi connectivity index (χ4n) is 1.10. The molecule has 1 aromatic rings. The third-order valence-corrected chi connectivity index (χ3v) is 3.70. The summed E-state index contributed by atoms with van der Waals surface area (Å²) in [6.45, 7) is 2.62. The molecular weight excluding hydrogens is 248 g/mol. The van der Waals surface area contributed by atoms with Crippen molar-refractivity contribution in [1.29, 1.82) is 0 Å². The number of halogens is 1. The Morgan fingerprint density at radius 3 is 2.88 bits per heavy atom. The zero-order valence-corrected chi connectivity index (χ0v) is 10.8. The van der Waals surface area contributed by atoms with Crippen LogP contribution in [0.25, 0.3) is 0 Å². The largest absolute Gasteiger partial charge is 0.370 e. The molecule has 1 heterocycles. The molecule has 90 valence electrons. The smallest absolute Gasteiger partial charge is 0.223 e. The van der Waals surface area contributed by atoms with E-state index >= 15 is 0 Å². The second kappa shape index (κ2) is 6.00. The maximum absolute atomic E-state index is 11.1. The zero-order valence-electron chi connectivity index (χ0n) is 9.24. The molecule has 0 saturated heterocycles. The molecule has 0 aliphatic rings. The summed E-state index contributed by atoms with van der Waals surface area (Å²) >= 11 is 5.72. The van der Waals surface area contributed by atoms with E-state index in [0.717, 1.165) is 6.42 Å². The molecule has 0 aliphatic heterocycles. The minimum atomic E-state index is -0.800. The molecule has 0 fully saturated rings. The lowest BCUT2D eigenvalue weighted by atomic mass is 10.3. The monoisotopic (exact) mass is 262 g/mol. The maximum atomic E-state index is 11.1. The van der Waals surface area contributed by atoms with Gasteiger partial charge in [-0.1, -0.05) is 18.5 Å². The predicted octanol–water partition coefficient (Wildman–Crippen LogP) is 1.28. The SMILES string of the molecule is CC(CCNc1cc(Cl)nc(N)n1)S(C)=O. The quantitative estimate of drug-likeness (QED) is 0.782. The highest BCUT2D eigenvalue weighted by Crippen LogP contribution is 2.12. The number of nitrogens with one attached hydrogen (secondary N) is 1. The van der Waals surface area contributed by atoms with Gasteiger partial charge in [-0.2, -0.15) is 4.98 Å². The van der Waals surface area contributed by atoms with E-state index in [0.29, 0.717) is 17.5 Å². The predicted molar refractivity (Wildman–Crippen MR) is 68.1 cm³/mol. The third-order valence-electron chi connectivity index (χ3n) is 2.14. The van der Waals surface area contributed by atoms with E-state index in [4.69, 9.17) is 17.3 Å². The van der Waals surface area contributed by atoms with Gasteiger partial charge in [0.15, 0.2) is 0 Å². The highest BCUT2D eigenvalue weighted by Gasteiger charge is 2.06. The molecule has 7 heteroatoms. The molecule has 1 aromatic heterocycles. The van der Waals surface area contributed by atoms with Gasteiger partial charge >= 0.3 is 0 Å². The molecule has 0 saturated carbocycles. The molecule has 5 nitrogen and oxygen atoms in total. The molecule has 0 spiro atoms. The summed E-state index contributed by atoms with van der Waals surface area (Å²) in [6, 6.07) is 1.60. The average molecular weight is 263 g/mol. The molecule has 0 aromatic carbocycles. The van der Waals surface area contributed by atoms with E-state index in [1.54, 1.807) is 12.3 Å². The topological polar surface area (TPSA) is 80.9 Å². The molecular formula is C9H15ClN4OS. The van der Waals surface area contributed by atoms with Crippen LogP contribution in [0.5, 0.6) is 0 Å². The molecule has 2 atom stereocenters. The van der Waals surface area contributed by atoms with Crippen molar-refractivity contribution in [2.75, 3.05) is 23.9 Å². The van der Waals surface area contributed by atoms with Crippen molar-refractivity contribution in [2.24, 2.45) is 0 Å². The maximum Gasteiger partial charge on any atom is 0.223 e. The van der Waals surface area contributed by atoms with Gasteiger partial charge in [-0.3, -0.25) is 4.21 Å². The summed E-state index contributed by atoms with van der Waals surface area (Å²) in [5.41, 5.74) is 5.44. The van der Waals surface area contributed by atoms with Crippen LogP contribution >= 0.6 is 11.6 Å². The van der Waals surface area contributed by atoms with E-state index in [1.807, 2.05) is 6.92 Å². The van der Waals surface area contributed by atoms with Gasteiger partial charge in [-0.15, -0.1) is 0 Å². The fourth-order valence-corrected chi connectivity index (χ4v) is 1.73. The third kappa shape index (κ3) is 4.32. The lowest BCUT2D eigenvalue weighted by molar-refractivity contribution is 0.672. The minimum absolute atomic E-state index is 0.141. The van der Waals surface area contributed by atoms with Gasteiger partial charge < -0.3 is 11.1 Å². The lowest BCUT2D eigenvalue weighted by Gasteiger charge is -2.09. The van der Waals surface area contributed by atoms with E-state index in [9.17, 15) is 4.21 Å². The van der Waals surface area contributed by atoms with Crippen molar-refractivity contribution >= 4 is 34.2 Å². The first-order valence-corrected chi connectivity index (χ1v) is 6.85. The van der Waals surface area contributed by atoms with Gasteiger partial charge in [-0.05, 0) is 6.42 Å². The van der Waals surface area contributed by atoms with Crippen molar-refractivity contribution in [3.8, 4) is 0 Å². The molecule has 2 unspecified atom stereocenters. The average Bonchev–Trinajstić information content (AvgIpc) is 2.15. The first-order chi connectivity index (χ1) is 7.49. The number of nitrogens with two attached hydrogens (primary N) is 1. The van der Waals surface area contributed by atoms with E-state index in [-0.39, 0.29) is 11.2 Å². The van der Waals surface area contributed by atoms with Crippen LogP contribution in [-0.2, 0) is 10.8 Å². The number of rotatable bonds is 5. The second-order valence-electron chi connectivity index (χ2n) is 3.46. The van der Waals surface area contributed by atoms with Crippen molar-refractivity contribution in [3.05, 3.63) is 11.2 Å². The summed E-state index contributed by atoms with van der Waals surface area (Å²) < 4.78 is 11.1.